The van der Waals surface area contributed by atoms with Crippen molar-refractivity contribution in [2.45, 2.75) is 0 Å². The van der Waals surface area contributed by atoms with Crippen LogP contribution in [0.25, 0.3) is 76.1 Å². The number of rotatable bonds is 4. The molecule has 1 aromatic heterocycles. The molecular formula is C43H27NO. The van der Waals surface area contributed by atoms with Gasteiger partial charge >= 0.3 is 0 Å². The summed E-state index contributed by atoms with van der Waals surface area (Å²) in [6.07, 6.45) is 3.84. The van der Waals surface area contributed by atoms with Crippen LogP contribution in [0.1, 0.15) is 0 Å². The first kappa shape index (κ1) is 25.5. The summed E-state index contributed by atoms with van der Waals surface area (Å²) in [5.41, 5.74) is 4.72. The van der Waals surface area contributed by atoms with Crippen molar-refractivity contribution in [1.82, 2.24) is 4.98 Å². The Morgan fingerprint density at radius 1 is 0.400 bits per heavy atom. The molecule has 210 valence electrons. The third-order valence-corrected chi connectivity index (χ3v) is 8.97. The first-order valence-corrected chi connectivity index (χ1v) is 15.3. The second kappa shape index (κ2) is 10.3. The fraction of sp³-hybridized carbons (Fsp3) is 0. The molecule has 0 saturated carbocycles. The Morgan fingerprint density at radius 2 is 1.02 bits per heavy atom. The maximum absolute atomic E-state index is 6.79. The Morgan fingerprint density at radius 3 is 1.84 bits per heavy atom. The molecule has 2 heteroatoms. The number of nitrogens with zero attached hydrogens (tertiary/aromatic N) is 1. The fourth-order valence-corrected chi connectivity index (χ4v) is 6.84. The van der Waals surface area contributed by atoms with Crippen molar-refractivity contribution in [1.29, 1.82) is 0 Å². The molecule has 0 fully saturated rings. The van der Waals surface area contributed by atoms with Crippen LogP contribution in [0.3, 0.4) is 0 Å². The van der Waals surface area contributed by atoms with Crippen LogP contribution in [-0.2, 0) is 0 Å². The largest absolute Gasteiger partial charge is 0.456 e. The summed E-state index contributed by atoms with van der Waals surface area (Å²) < 4.78 is 6.79. The van der Waals surface area contributed by atoms with Crippen LogP contribution in [0.4, 0.5) is 0 Å². The number of hydrogen-bond acceptors (Lipinski definition) is 2. The maximum Gasteiger partial charge on any atom is 0.143 e. The molecule has 0 bridgehead atoms. The van der Waals surface area contributed by atoms with Crippen LogP contribution in [0.2, 0.25) is 0 Å². The Balaban J connectivity index is 1.22. The minimum absolute atomic E-state index is 0.798. The van der Waals surface area contributed by atoms with Crippen molar-refractivity contribution in [2.24, 2.45) is 0 Å². The average Bonchev–Trinajstić information content (AvgIpc) is 3.11. The van der Waals surface area contributed by atoms with Gasteiger partial charge in [-0.25, -0.2) is 0 Å². The Hall–Kier alpha value is -5.99. The highest BCUT2D eigenvalue weighted by atomic mass is 16.5. The summed E-state index contributed by atoms with van der Waals surface area (Å²) >= 11 is 0. The minimum atomic E-state index is 0.798. The van der Waals surface area contributed by atoms with Gasteiger partial charge in [0.25, 0.3) is 0 Å². The van der Waals surface area contributed by atoms with Gasteiger partial charge in [-0.1, -0.05) is 121 Å². The van der Waals surface area contributed by atoms with Gasteiger partial charge in [0.1, 0.15) is 11.5 Å². The molecule has 0 saturated heterocycles. The molecule has 0 atom stereocenters. The molecule has 0 aliphatic carbocycles. The van der Waals surface area contributed by atoms with E-state index in [-0.39, 0.29) is 0 Å². The first-order chi connectivity index (χ1) is 22.3. The summed E-state index contributed by atoms with van der Waals surface area (Å²) in [5, 5.41) is 11.8. The van der Waals surface area contributed by atoms with E-state index in [1.54, 1.807) is 0 Å². The summed E-state index contributed by atoms with van der Waals surface area (Å²) in [6.45, 7) is 0. The van der Waals surface area contributed by atoms with Gasteiger partial charge < -0.3 is 4.74 Å². The predicted octanol–water partition coefficient (Wildman–Crippen LogP) is 12.0. The first-order valence-electron chi connectivity index (χ1n) is 15.3. The topological polar surface area (TPSA) is 22.1 Å². The molecule has 0 unspecified atom stereocenters. The Kier molecular flexibility index (Phi) is 5.85. The lowest BCUT2D eigenvalue weighted by molar-refractivity contribution is 0.494. The van der Waals surface area contributed by atoms with Gasteiger partial charge in [-0.3, -0.25) is 4.98 Å². The van der Waals surface area contributed by atoms with Gasteiger partial charge in [-0.05, 0) is 90.3 Å². The maximum atomic E-state index is 6.79. The van der Waals surface area contributed by atoms with Crippen molar-refractivity contribution < 1.29 is 4.74 Å². The highest BCUT2D eigenvalue weighted by Gasteiger charge is 2.19. The van der Waals surface area contributed by atoms with E-state index < -0.39 is 0 Å². The molecule has 0 N–H and O–H groups in total. The molecule has 0 radical (unpaired) electrons. The molecular weight excluding hydrogens is 546 g/mol. The second-order valence-corrected chi connectivity index (χ2v) is 11.6. The lowest BCUT2D eigenvalue weighted by Crippen LogP contribution is -1.94. The zero-order valence-corrected chi connectivity index (χ0v) is 24.4. The zero-order valence-electron chi connectivity index (χ0n) is 24.4. The predicted molar refractivity (Wildman–Crippen MR) is 189 cm³/mol. The van der Waals surface area contributed by atoms with Crippen molar-refractivity contribution in [3.05, 3.63) is 164 Å². The molecule has 0 aliphatic heterocycles. The van der Waals surface area contributed by atoms with Crippen molar-refractivity contribution in [2.75, 3.05) is 0 Å². The highest BCUT2D eigenvalue weighted by molar-refractivity contribution is 6.23. The van der Waals surface area contributed by atoms with Gasteiger partial charge in [0.2, 0.25) is 0 Å². The van der Waals surface area contributed by atoms with Gasteiger partial charge in [0.05, 0.1) is 0 Å². The van der Waals surface area contributed by atoms with Crippen molar-refractivity contribution >= 4 is 53.9 Å². The Bertz CT molecular complexity index is 2510. The van der Waals surface area contributed by atoms with Crippen LogP contribution in [0.5, 0.6) is 11.5 Å². The van der Waals surface area contributed by atoms with Gasteiger partial charge in [-0.2, -0.15) is 0 Å². The van der Waals surface area contributed by atoms with E-state index in [2.05, 4.69) is 157 Å². The van der Waals surface area contributed by atoms with Crippen molar-refractivity contribution in [3.63, 3.8) is 0 Å². The molecule has 0 aliphatic rings. The molecule has 9 aromatic rings. The summed E-state index contributed by atoms with van der Waals surface area (Å²) in [6, 6.07) is 53.8. The van der Waals surface area contributed by atoms with E-state index in [1.165, 1.54) is 49.0 Å². The zero-order chi connectivity index (χ0) is 29.7. The normalized spacial score (nSPS) is 11.6. The number of pyridine rings is 1. The summed E-state index contributed by atoms with van der Waals surface area (Å²) in [4.78, 5) is 4.61. The van der Waals surface area contributed by atoms with E-state index in [1.807, 2.05) is 12.4 Å². The van der Waals surface area contributed by atoms with Gasteiger partial charge in [0, 0.05) is 28.6 Å². The Labute approximate surface area is 260 Å². The second-order valence-electron chi connectivity index (χ2n) is 11.6. The molecule has 9 rings (SSSR count). The third kappa shape index (κ3) is 4.22. The number of hydrogen-bond donors (Lipinski definition) is 0. The number of fused-ring (bicyclic) bond motifs is 6. The number of benzene rings is 8. The summed E-state index contributed by atoms with van der Waals surface area (Å²) in [5.74, 6) is 1.64. The average molecular weight is 574 g/mol. The molecule has 2 nitrogen and oxygen atoms in total. The molecule has 8 aromatic carbocycles. The standard InChI is InChI=1S/C43H27NO/c1-2-10-30-25-31(18-17-28(30)9-1)29-19-21-33(22-20-29)45-43-38-16-8-7-15-37(38)42(41-27-44-24-23-39(41)43)40-26-32-11-3-4-12-34(32)35-13-5-6-14-36(35)40/h1-27H. The third-order valence-electron chi connectivity index (χ3n) is 8.97. The van der Waals surface area contributed by atoms with Crippen LogP contribution >= 0.6 is 0 Å². The number of ether oxygens (including phenoxy) is 1. The molecule has 0 amide bonds. The van der Waals surface area contributed by atoms with E-state index in [0.717, 1.165) is 38.6 Å². The lowest BCUT2D eigenvalue weighted by atomic mass is 9.87. The van der Waals surface area contributed by atoms with Crippen LogP contribution < -0.4 is 4.74 Å². The number of aromatic nitrogens is 1. The van der Waals surface area contributed by atoms with Crippen molar-refractivity contribution in [3.8, 4) is 33.8 Å². The van der Waals surface area contributed by atoms with E-state index >= 15 is 0 Å². The molecule has 45 heavy (non-hydrogen) atoms. The van der Waals surface area contributed by atoms with Crippen LogP contribution in [0, 0.1) is 0 Å². The van der Waals surface area contributed by atoms with Crippen LogP contribution in [-0.4, -0.2) is 4.98 Å². The van der Waals surface area contributed by atoms with E-state index in [9.17, 15) is 0 Å². The van der Waals surface area contributed by atoms with E-state index in [4.69, 9.17) is 4.74 Å². The molecule has 1 heterocycles. The SMILES string of the molecule is c1ccc2cc(-c3ccc(Oc4c5ccccc5c(-c5cc6ccccc6c6ccccc56)c5cnccc45)cc3)ccc2c1. The van der Waals surface area contributed by atoms with Gasteiger partial charge in [0.15, 0.2) is 0 Å². The van der Waals surface area contributed by atoms with Crippen LogP contribution in [0.15, 0.2) is 164 Å². The lowest BCUT2D eigenvalue weighted by Gasteiger charge is -2.19. The quantitative estimate of drug-likeness (QED) is 0.154. The minimum Gasteiger partial charge on any atom is -0.456 e. The van der Waals surface area contributed by atoms with E-state index in [0.29, 0.717) is 0 Å². The molecule has 0 spiro atoms. The monoisotopic (exact) mass is 573 g/mol. The van der Waals surface area contributed by atoms with Gasteiger partial charge in [-0.15, -0.1) is 0 Å². The fourth-order valence-electron chi connectivity index (χ4n) is 6.84. The highest BCUT2D eigenvalue weighted by Crippen LogP contribution is 2.47. The summed E-state index contributed by atoms with van der Waals surface area (Å²) in [7, 11) is 0. The smallest absolute Gasteiger partial charge is 0.143 e.